The number of hydrogen-bond acceptors (Lipinski definition) is 7. The van der Waals surface area contributed by atoms with Crippen LogP contribution >= 0.6 is 0 Å². The minimum atomic E-state index is -3.04. The number of aromatic hydroxyl groups is 1. The van der Waals surface area contributed by atoms with Gasteiger partial charge in [-0.3, -0.25) is 14.5 Å². The molecule has 2 amide bonds. The highest BCUT2D eigenvalue weighted by molar-refractivity contribution is 6.99. The fourth-order valence-corrected chi connectivity index (χ4v) is 14.3. The van der Waals surface area contributed by atoms with Crippen LogP contribution in [0.3, 0.4) is 0 Å². The predicted molar refractivity (Wildman–Crippen MR) is 222 cm³/mol. The van der Waals surface area contributed by atoms with Gasteiger partial charge in [-0.15, -0.1) is 0 Å². The zero-order chi connectivity index (χ0) is 39.4. The number of anilines is 3. The fourth-order valence-electron chi connectivity index (χ4n) is 9.68. The molecule has 0 bridgehead atoms. The summed E-state index contributed by atoms with van der Waals surface area (Å²) in [6, 6.07) is 41.6. The molecule has 0 unspecified atom stereocenters. The van der Waals surface area contributed by atoms with Crippen LogP contribution in [0.4, 0.5) is 17.1 Å². The summed E-state index contributed by atoms with van der Waals surface area (Å²) in [6.45, 7) is 10.5. The summed E-state index contributed by atoms with van der Waals surface area (Å²) in [5.74, 6) is -4.84. The Hall–Kier alpha value is -5.06. The van der Waals surface area contributed by atoms with Crippen LogP contribution < -0.4 is 20.6 Å². The second-order valence-electron chi connectivity index (χ2n) is 16.8. The molecule has 0 spiro atoms. The highest BCUT2D eigenvalue weighted by atomic mass is 28.4. The van der Waals surface area contributed by atoms with Crippen LogP contribution in [-0.2, 0) is 18.8 Å². The molecule has 2 saturated heterocycles. The molecule has 3 aliphatic rings. The lowest BCUT2D eigenvalue weighted by Crippen LogP contribution is -2.67. The third kappa shape index (κ3) is 6.36. The molecule has 0 radical (unpaired) electrons. The van der Waals surface area contributed by atoms with Gasteiger partial charge in [0.05, 0.1) is 23.6 Å². The molecular formula is C47H50N2O6Si. The number of carbonyl (C=O) groups is 2. The number of hydrogen-bond donors (Lipinski definition) is 3. The molecule has 0 aromatic heterocycles. The third-order valence-corrected chi connectivity index (χ3v) is 17.4. The number of phenolic OH excluding ortho intramolecular Hbond substituents is 1. The average Bonchev–Trinajstić information content (AvgIpc) is 3.67. The van der Waals surface area contributed by atoms with Gasteiger partial charge in [0.25, 0.3) is 8.32 Å². The molecule has 2 heterocycles. The van der Waals surface area contributed by atoms with Crippen molar-refractivity contribution in [3.05, 3.63) is 144 Å². The molecule has 9 heteroatoms. The van der Waals surface area contributed by atoms with E-state index in [-0.39, 0.29) is 35.6 Å². The van der Waals surface area contributed by atoms with Crippen molar-refractivity contribution < 1.29 is 29.0 Å². The summed E-state index contributed by atoms with van der Waals surface area (Å²) < 4.78 is 14.2. The van der Waals surface area contributed by atoms with E-state index in [1.807, 2.05) is 105 Å². The number of nitrogens with zero attached hydrogens (tertiary/aromatic N) is 1. The molecule has 1 aliphatic carbocycles. The number of carbonyl (C=O) groups excluding carboxylic acids is 2. The third-order valence-electron chi connectivity index (χ3n) is 12.4. The number of para-hydroxylation sites is 1. The van der Waals surface area contributed by atoms with E-state index in [1.165, 1.54) is 4.90 Å². The van der Waals surface area contributed by atoms with Gasteiger partial charge in [0.2, 0.25) is 11.8 Å². The number of aryl methyl sites for hydroxylation is 2. The Morgan fingerprint density at radius 2 is 1.32 bits per heavy atom. The maximum atomic E-state index is 14.6. The fraction of sp³-hybridized carbons (Fsp3) is 0.319. The first-order chi connectivity index (χ1) is 26.8. The summed E-state index contributed by atoms with van der Waals surface area (Å²) in [4.78, 5) is 30.5. The topological polar surface area (TPSA) is 108 Å². The molecule has 2 aliphatic heterocycles. The molecule has 56 heavy (non-hydrogen) atoms. The van der Waals surface area contributed by atoms with Crippen LogP contribution in [0.15, 0.2) is 127 Å². The average molecular weight is 767 g/mol. The maximum absolute atomic E-state index is 14.6. The molecule has 5 aromatic rings. The molecule has 8 nitrogen and oxygen atoms in total. The Bertz CT molecular complexity index is 2160. The van der Waals surface area contributed by atoms with Crippen molar-refractivity contribution in [3.8, 4) is 5.75 Å². The molecule has 1 saturated carbocycles. The zero-order valence-electron chi connectivity index (χ0n) is 32.6. The highest BCUT2D eigenvalue weighted by Crippen LogP contribution is 2.59. The zero-order valence-corrected chi connectivity index (χ0v) is 33.6. The van der Waals surface area contributed by atoms with Crippen molar-refractivity contribution in [1.82, 2.24) is 0 Å². The van der Waals surface area contributed by atoms with E-state index < -0.39 is 43.9 Å². The lowest BCUT2D eigenvalue weighted by molar-refractivity contribution is -0.273. The van der Waals surface area contributed by atoms with Gasteiger partial charge in [-0.1, -0.05) is 99.6 Å². The first kappa shape index (κ1) is 37.8. The molecule has 3 fully saturated rings. The number of phenols is 1. The van der Waals surface area contributed by atoms with E-state index >= 15 is 0 Å². The second kappa shape index (κ2) is 14.5. The summed E-state index contributed by atoms with van der Waals surface area (Å²) in [5.41, 5.74) is 4.49. The number of imide groups is 1. The Labute approximate surface area is 330 Å². The number of rotatable bonds is 9. The smallest absolute Gasteiger partial charge is 0.261 e. The van der Waals surface area contributed by atoms with E-state index in [2.05, 4.69) is 50.4 Å². The van der Waals surface area contributed by atoms with E-state index in [4.69, 9.17) is 9.16 Å². The van der Waals surface area contributed by atoms with Crippen molar-refractivity contribution >= 4 is 47.6 Å². The van der Waals surface area contributed by atoms with Gasteiger partial charge in [-0.25, -0.2) is 0 Å². The predicted octanol–water partition coefficient (Wildman–Crippen LogP) is 7.92. The lowest BCUT2D eigenvalue weighted by atomic mass is 9.64. The van der Waals surface area contributed by atoms with E-state index in [1.54, 1.807) is 12.1 Å². The van der Waals surface area contributed by atoms with Crippen LogP contribution in [0.25, 0.3) is 0 Å². The molecule has 3 N–H and O–H groups in total. The summed E-state index contributed by atoms with van der Waals surface area (Å²) in [6.07, 6.45) is 0.00630. The van der Waals surface area contributed by atoms with Gasteiger partial charge in [0, 0.05) is 29.8 Å². The molecule has 6 atom stereocenters. The standard InChI is InChI=1S/C47H50N2O6Si/c1-30-25-32(26-31(2)43(30)50)41-28-40-42-39(44(51)49(45(42)52)36-23-21-35(22-24-36)48-34-15-9-6-10-16-34)27-33(47(40,53)55-41)29-54-56(46(3,4)5,37-17-11-7-12-18-37)38-19-13-8-14-20-38/h6-26,33,39-42,48,50,53H,27-29H2,1-5H3/t33-,39+,40+,41+,42+,47-/m1/s1. The SMILES string of the molecule is Cc1cc([C@@H]2C[C@H]3[C@H]4C(=O)N(c5ccc(Nc6ccccc6)cc5)C(=O)[C@H]4C[C@H](CO[Si](c4ccccc4)(c4ccccc4)C(C)(C)C)[C@@]3(O)O2)cc(C)c1O. The van der Waals surface area contributed by atoms with Gasteiger partial charge in [-0.2, -0.15) is 0 Å². The van der Waals surface area contributed by atoms with Crippen molar-refractivity contribution in [2.45, 2.75) is 64.4 Å². The summed E-state index contributed by atoms with van der Waals surface area (Å²) >= 11 is 0. The van der Waals surface area contributed by atoms with Crippen molar-refractivity contribution in [1.29, 1.82) is 0 Å². The number of nitrogens with one attached hydrogen (secondary N) is 1. The molecule has 288 valence electrons. The number of benzene rings is 5. The minimum Gasteiger partial charge on any atom is -0.507 e. The minimum absolute atomic E-state index is 0.130. The molecule has 8 rings (SSSR count). The maximum Gasteiger partial charge on any atom is 0.261 e. The molecular weight excluding hydrogens is 717 g/mol. The lowest BCUT2D eigenvalue weighted by Gasteiger charge is -2.48. The van der Waals surface area contributed by atoms with Gasteiger partial charge >= 0.3 is 0 Å². The Kier molecular flexibility index (Phi) is 9.77. The monoisotopic (exact) mass is 766 g/mol. The first-order valence-corrected chi connectivity index (χ1v) is 21.5. The van der Waals surface area contributed by atoms with Crippen LogP contribution in [0.5, 0.6) is 5.75 Å². The van der Waals surface area contributed by atoms with Gasteiger partial charge in [-0.05, 0) is 107 Å². The number of amides is 2. The number of aliphatic hydroxyl groups is 1. The summed E-state index contributed by atoms with van der Waals surface area (Å²) in [7, 11) is -3.04. The van der Waals surface area contributed by atoms with E-state index in [9.17, 15) is 19.8 Å². The van der Waals surface area contributed by atoms with Gasteiger partial charge in [0.1, 0.15) is 5.75 Å². The van der Waals surface area contributed by atoms with E-state index in [0.717, 1.165) is 27.3 Å². The molecule has 5 aromatic carbocycles. The number of ether oxygens (including phenoxy) is 1. The van der Waals surface area contributed by atoms with E-state index in [0.29, 0.717) is 23.2 Å². The Balaban J connectivity index is 1.17. The Morgan fingerprint density at radius 3 is 1.88 bits per heavy atom. The Morgan fingerprint density at radius 1 is 0.786 bits per heavy atom. The van der Waals surface area contributed by atoms with Gasteiger partial charge in [0.15, 0.2) is 5.79 Å². The van der Waals surface area contributed by atoms with Gasteiger partial charge < -0.3 is 24.7 Å². The normalized spacial score (nSPS) is 24.9. The van der Waals surface area contributed by atoms with Crippen LogP contribution in [0.2, 0.25) is 5.04 Å². The number of fused-ring (bicyclic) bond motifs is 3. The van der Waals surface area contributed by atoms with Crippen LogP contribution in [0.1, 0.15) is 56.4 Å². The van der Waals surface area contributed by atoms with Crippen molar-refractivity contribution in [2.24, 2.45) is 23.7 Å². The largest absolute Gasteiger partial charge is 0.507 e. The van der Waals surface area contributed by atoms with Crippen molar-refractivity contribution in [3.63, 3.8) is 0 Å². The second-order valence-corrected chi connectivity index (χ2v) is 21.1. The quantitative estimate of drug-likeness (QED) is 0.103. The highest BCUT2D eigenvalue weighted by Gasteiger charge is 2.67. The van der Waals surface area contributed by atoms with Crippen LogP contribution in [0, 0.1) is 37.5 Å². The first-order valence-electron chi connectivity index (χ1n) is 19.6. The summed E-state index contributed by atoms with van der Waals surface area (Å²) in [5, 5.41) is 28.9. The van der Waals surface area contributed by atoms with Crippen molar-refractivity contribution in [2.75, 3.05) is 16.8 Å². The van der Waals surface area contributed by atoms with Crippen LogP contribution in [-0.4, -0.2) is 42.7 Å².